The lowest BCUT2D eigenvalue weighted by Gasteiger charge is -2.08. The number of nitrogens with zero attached hydrogens (tertiary/aromatic N) is 2. The summed E-state index contributed by atoms with van der Waals surface area (Å²) >= 11 is 0. The van der Waals surface area contributed by atoms with Crippen molar-refractivity contribution in [3.8, 4) is 29.4 Å². The van der Waals surface area contributed by atoms with Gasteiger partial charge in [0.05, 0.1) is 20.2 Å². The minimum Gasteiger partial charge on any atom is -0.496 e. The Kier molecular flexibility index (Phi) is 6.85. The highest BCUT2D eigenvalue weighted by molar-refractivity contribution is 5.97. The van der Waals surface area contributed by atoms with Gasteiger partial charge in [-0.15, -0.1) is 6.42 Å². The monoisotopic (exact) mass is 403 g/mol. The summed E-state index contributed by atoms with van der Waals surface area (Å²) in [5, 5.41) is 7.04. The second kappa shape index (κ2) is 9.94. The summed E-state index contributed by atoms with van der Waals surface area (Å²) in [5.41, 5.74) is 2.33. The molecule has 0 aliphatic rings. The number of terminal acetylenes is 1. The third kappa shape index (κ3) is 5.06. The van der Waals surface area contributed by atoms with E-state index in [1.807, 2.05) is 48.5 Å². The number of nitrogens with one attached hydrogen (secondary N) is 1. The molecule has 152 valence electrons. The Morgan fingerprint density at radius 2 is 1.87 bits per heavy atom. The van der Waals surface area contributed by atoms with E-state index in [4.69, 9.17) is 15.9 Å². The van der Waals surface area contributed by atoms with Crippen molar-refractivity contribution < 1.29 is 19.1 Å². The van der Waals surface area contributed by atoms with Crippen LogP contribution in [-0.2, 0) is 16.1 Å². The lowest BCUT2D eigenvalue weighted by Crippen LogP contribution is -2.29. The first-order valence-corrected chi connectivity index (χ1v) is 9.24. The summed E-state index contributed by atoms with van der Waals surface area (Å²) in [7, 11) is 1.55. The SMILES string of the molecule is C#CCNC(=O)COC(=O)c1cn(Cc2ccccc2)nc1-c1ccccc1OC. The minimum absolute atomic E-state index is 0.0673. The minimum atomic E-state index is -0.661. The van der Waals surface area contributed by atoms with Gasteiger partial charge in [0.1, 0.15) is 17.0 Å². The van der Waals surface area contributed by atoms with Crippen molar-refractivity contribution >= 4 is 11.9 Å². The smallest absolute Gasteiger partial charge is 0.342 e. The Bertz CT molecular complexity index is 1070. The Morgan fingerprint density at radius 1 is 1.13 bits per heavy atom. The van der Waals surface area contributed by atoms with Gasteiger partial charge in [-0.25, -0.2) is 4.79 Å². The zero-order valence-corrected chi connectivity index (χ0v) is 16.5. The number of hydrogen-bond donors (Lipinski definition) is 1. The van der Waals surface area contributed by atoms with Crippen molar-refractivity contribution in [2.75, 3.05) is 20.3 Å². The Balaban J connectivity index is 1.90. The van der Waals surface area contributed by atoms with Gasteiger partial charge in [0.2, 0.25) is 0 Å². The van der Waals surface area contributed by atoms with Gasteiger partial charge in [-0.3, -0.25) is 9.48 Å². The van der Waals surface area contributed by atoms with E-state index in [9.17, 15) is 9.59 Å². The average Bonchev–Trinajstić information content (AvgIpc) is 3.20. The summed E-state index contributed by atoms with van der Waals surface area (Å²) in [6.07, 6.45) is 6.71. The topological polar surface area (TPSA) is 82.5 Å². The van der Waals surface area contributed by atoms with E-state index in [0.29, 0.717) is 23.6 Å². The molecule has 0 bridgehead atoms. The van der Waals surface area contributed by atoms with E-state index in [2.05, 4.69) is 16.3 Å². The predicted molar refractivity (Wildman–Crippen MR) is 112 cm³/mol. The lowest BCUT2D eigenvalue weighted by molar-refractivity contribution is -0.123. The van der Waals surface area contributed by atoms with E-state index < -0.39 is 18.5 Å². The molecule has 2 aromatic carbocycles. The van der Waals surface area contributed by atoms with Crippen LogP contribution in [0.1, 0.15) is 15.9 Å². The van der Waals surface area contributed by atoms with Gasteiger partial charge in [-0.05, 0) is 17.7 Å². The fourth-order valence-electron chi connectivity index (χ4n) is 2.87. The second-order valence-electron chi connectivity index (χ2n) is 6.33. The number of aromatic nitrogens is 2. The van der Waals surface area contributed by atoms with E-state index >= 15 is 0 Å². The lowest BCUT2D eigenvalue weighted by atomic mass is 10.1. The highest BCUT2D eigenvalue weighted by Gasteiger charge is 2.22. The van der Waals surface area contributed by atoms with Crippen LogP contribution in [-0.4, -0.2) is 41.9 Å². The second-order valence-corrected chi connectivity index (χ2v) is 6.33. The molecule has 7 nitrogen and oxygen atoms in total. The zero-order valence-electron chi connectivity index (χ0n) is 16.5. The molecule has 0 spiro atoms. The van der Waals surface area contributed by atoms with Crippen LogP contribution < -0.4 is 10.1 Å². The first kappa shape index (κ1) is 20.7. The number of ether oxygens (including phenoxy) is 2. The Labute approximate surface area is 174 Å². The maximum Gasteiger partial charge on any atom is 0.342 e. The molecule has 1 heterocycles. The van der Waals surface area contributed by atoms with Gasteiger partial charge in [-0.1, -0.05) is 48.4 Å². The van der Waals surface area contributed by atoms with Crippen LogP contribution in [0.5, 0.6) is 5.75 Å². The molecule has 0 atom stereocenters. The van der Waals surface area contributed by atoms with E-state index in [1.165, 1.54) is 0 Å². The molecule has 0 saturated carbocycles. The molecule has 1 N–H and O–H groups in total. The Morgan fingerprint density at radius 3 is 2.60 bits per heavy atom. The van der Waals surface area contributed by atoms with Gasteiger partial charge in [0.25, 0.3) is 5.91 Å². The molecule has 0 unspecified atom stereocenters. The molecule has 0 aliphatic heterocycles. The van der Waals surface area contributed by atoms with Crippen molar-refractivity contribution in [3.05, 3.63) is 71.9 Å². The van der Waals surface area contributed by atoms with Gasteiger partial charge in [0.15, 0.2) is 6.61 Å². The van der Waals surface area contributed by atoms with E-state index in [0.717, 1.165) is 5.56 Å². The van der Waals surface area contributed by atoms with Gasteiger partial charge < -0.3 is 14.8 Å². The summed E-state index contributed by atoms with van der Waals surface area (Å²) in [5.74, 6) is 1.72. The van der Waals surface area contributed by atoms with Crippen LogP contribution >= 0.6 is 0 Å². The van der Waals surface area contributed by atoms with Crippen LogP contribution in [0, 0.1) is 12.3 Å². The molecule has 0 radical (unpaired) electrons. The van der Waals surface area contributed by atoms with Crippen LogP contribution in [0.25, 0.3) is 11.3 Å². The highest BCUT2D eigenvalue weighted by Crippen LogP contribution is 2.31. The van der Waals surface area contributed by atoms with Crippen molar-refractivity contribution in [3.63, 3.8) is 0 Å². The molecule has 1 aromatic heterocycles. The largest absolute Gasteiger partial charge is 0.496 e. The number of carbonyl (C=O) groups is 2. The highest BCUT2D eigenvalue weighted by atomic mass is 16.5. The standard InChI is InChI=1S/C23H21N3O4/c1-3-13-24-21(27)16-30-23(28)19-15-26(14-17-9-5-4-6-10-17)25-22(19)18-11-7-8-12-20(18)29-2/h1,4-12,15H,13-14,16H2,2H3,(H,24,27). The number of amides is 1. The van der Waals surface area contributed by atoms with Crippen LogP contribution in [0.4, 0.5) is 0 Å². The molecule has 30 heavy (non-hydrogen) atoms. The van der Waals surface area contributed by atoms with E-state index in [-0.39, 0.29) is 12.1 Å². The van der Waals surface area contributed by atoms with E-state index in [1.54, 1.807) is 24.1 Å². The molecule has 3 aromatic rings. The number of benzene rings is 2. The number of methoxy groups -OCH3 is 1. The maximum atomic E-state index is 12.7. The molecule has 3 rings (SSSR count). The summed E-state index contributed by atoms with van der Waals surface area (Å²) in [6.45, 7) is 0.104. The first-order valence-electron chi connectivity index (χ1n) is 9.24. The average molecular weight is 403 g/mol. The normalized spacial score (nSPS) is 10.1. The van der Waals surface area contributed by atoms with Gasteiger partial charge in [-0.2, -0.15) is 5.10 Å². The fourth-order valence-corrected chi connectivity index (χ4v) is 2.87. The summed E-state index contributed by atoms with van der Waals surface area (Å²) in [4.78, 5) is 24.5. The first-order chi connectivity index (χ1) is 14.6. The summed E-state index contributed by atoms with van der Waals surface area (Å²) < 4.78 is 12.3. The third-order valence-corrected chi connectivity index (χ3v) is 4.25. The molecule has 1 amide bonds. The molecule has 7 heteroatoms. The third-order valence-electron chi connectivity index (χ3n) is 4.25. The summed E-state index contributed by atoms with van der Waals surface area (Å²) in [6, 6.07) is 17.0. The van der Waals surface area contributed by atoms with Crippen molar-refractivity contribution in [2.45, 2.75) is 6.54 Å². The number of para-hydroxylation sites is 1. The number of esters is 1. The van der Waals surface area contributed by atoms with Crippen LogP contribution in [0.2, 0.25) is 0 Å². The van der Waals surface area contributed by atoms with Crippen molar-refractivity contribution in [1.29, 1.82) is 0 Å². The number of rotatable bonds is 8. The molecular weight excluding hydrogens is 382 g/mol. The quantitative estimate of drug-likeness (QED) is 0.462. The van der Waals surface area contributed by atoms with Gasteiger partial charge >= 0.3 is 5.97 Å². The maximum absolute atomic E-state index is 12.7. The predicted octanol–water partition coefficient (Wildman–Crippen LogP) is 2.51. The van der Waals surface area contributed by atoms with Gasteiger partial charge in [0, 0.05) is 11.8 Å². The van der Waals surface area contributed by atoms with Crippen molar-refractivity contribution in [1.82, 2.24) is 15.1 Å². The molecular formula is C23H21N3O4. The van der Waals surface area contributed by atoms with Crippen LogP contribution in [0.3, 0.4) is 0 Å². The molecule has 0 fully saturated rings. The number of hydrogen-bond acceptors (Lipinski definition) is 5. The number of carbonyl (C=O) groups excluding carboxylic acids is 2. The van der Waals surface area contributed by atoms with Crippen molar-refractivity contribution in [2.24, 2.45) is 0 Å². The zero-order chi connectivity index (χ0) is 21.3. The molecule has 0 aliphatic carbocycles. The molecule has 0 saturated heterocycles. The van der Waals surface area contributed by atoms with Crippen LogP contribution in [0.15, 0.2) is 60.8 Å². The Hall–Kier alpha value is -4.05. The fraction of sp³-hybridized carbons (Fsp3) is 0.174.